The third-order valence-electron chi connectivity index (χ3n) is 4.39. The van der Waals surface area contributed by atoms with Crippen molar-refractivity contribution in [1.82, 2.24) is 14.8 Å². The van der Waals surface area contributed by atoms with E-state index in [1.807, 2.05) is 78.9 Å². The fourth-order valence-electron chi connectivity index (χ4n) is 2.98. The maximum atomic E-state index is 12.6. The van der Waals surface area contributed by atoms with Gasteiger partial charge in [-0.05, 0) is 0 Å². The van der Waals surface area contributed by atoms with Crippen LogP contribution in [0.3, 0.4) is 0 Å². The summed E-state index contributed by atoms with van der Waals surface area (Å²) in [5, 5.41) is 12.9. The van der Waals surface area contributed by atoms with Crippen LogP contribution in [0.4, 0.5) is 0 Å². The summed E-state index contributed by atoms with van der Waals surface area (Å²) in [6.07, 6.45) is 0. The van der Waals surface area contributed by atoms with Crippen LogP contribution in [0, 0.1) is 5.41 Å². The lowest BCUT2D eigenvalue weighted by atomic mass is 10.0. The predicted molar refractivity (Wildman–Crippen MR) is 108 cm³/mol. The highest BCUT2D eigenvalue weighted by molar-refractivity contribution is 5.95. The van der Waals surface area contributed by atoms with Gasteiger partial charge in [-0.1, -0.05) is 91.0 Å². The Morgan fingerprint density at radius 2 is 1.25 bits per heavy atom. The molecule has 4 aromatic rings. The van der Waals surface area contributed by atoms with Gasteiger partial charge in [-0.3, -0.25) is 10.2 Å². The smallest absolute Gasteiger partial charge is 0.239 e. The Bertz CT molecular complexity index is 1150. The summed E-state index contributed by atoms with van der Waals surface area (Å²) >= 11 is 0. The molecule has 0 saturated carbocycles. The van der Waals surface area contributed by atoms with Crippen molar-refractivity contribution in [2.75, 3.05) is 0 Å². The average molecular weight is 366 g/mol. The normalized spacial score (nSPS) is 10.6. The molecule has 0 aliphatic carbocycles. The minimum atomic E-state index is -0.111. The van der Waals surface area contributed by atoms with Crippen LogP contribution in [0.25, 0.3) is 22.5 Å². The van der Waals surface area contributed by atoms with E-state index in [9.17, 15) is 4.79 Å². The Balaban J connectivity index is 1.81. The molecular formula is C23H18N4O. The summed E-state index contributed by atoms with van der Waals surface area (Å²) < 4.78 is 1.35. The molecule has 0 radical (unpaired) electrons. The Labute approximate surface area is 162 Å². The van der Waals surface area contributed by atoms with Crippen molar-refractivity contribution < 1.29 is 4.79 Å². The number of carbonyl (C=O) groups excluding carboxylic acids is 1. The molecule has 0 fully saturated rings. The monoisotopic (exact) mass is 366 g/mol. The number of nitrogens with zero attached hydrogens (tertiary/aromatic N) is 3. The maximum Gasteiger partial charge on any atom is 0.239 e. The van der Waals surface area contributed by atoms with E-state index in [0.29, 0.717) is 17.0 Å². The molecule has 0 aliphatic heterocycles. The number of Topliss-reactive ketones (excluding diaryl/α,β-unsaturated/α-hetero) is 1. The summed E-state index contributed by atoms with van der Waals surface area (Å²) in [5.41, 5.74) is 3.56. The second-order valence-corrected chi connectivity index (χ2v) is 6.31. The first kappa shape index (κ1) is 17.5. The number of hydrogen-bond donors (Lipinski definition) is 1. The van der Waals surface area contributed by atoms with Crippen LogP contribution in [0.1, 0.15) is 10.4 Å². The molecular weight excluding hydrogens is 348 g/mol. The number of hydrogen-bond acceptors (Lipinski definition) is 4. The van der Waals surface area contributed by atoms with Crippen molar-refractivity contribution in [1.29, 1.82) is 5.41 Å². The standard InChI is InChI=1S/C23H18N4O/c24-23-25-21(18-12-6-2-7-13-18)22(19-14-8-3-9-15-19)26-27(23)16-20(28)17-10-4-1-5-11-17/h1-15,24H,16H2. The molecule has 4 rings (SSSR count). The summed E-state index contributed by atoms with van der Waals surface area (Å²) in [4.78, 5) is 17.1. The Morgan fingerprint density at radius 1 is 0.750 bits per heavy atom. The number of aromatic nitrogens is 3. The lowest BCUT2D eigenvalue weighted by Gasteiger charge is -2.12. The third-order valence-corrected chi connectivity index (χ3v) is 4.39. The van der Waals surface area contributed by atoms with Gasteiger partial charge in [0, 0.05) is 16.7 Å². The zero-order valence-electron chi connectivity index (χ0n) is 15.1. The highest BCUT2D eigenvalue weighted by Crippen LogP contribution is 2.27. The van der Waals surface area contributed by atoms with Gasteiger partial charge in [-0.2, -0.15) is 5.10 Å². The van der Waals surface area contributed by atoms with Gasteiger partial charge in [0.15, 0.2) is 5.78 Å². The second-order valence-electron chi connectivity index (χ2n) is 6.31. The van der Waals surface area contributed by atoms with Crippen LogP contribution in [-0.4, -0.2) is 20.5 Å². The third kappa shape index (κ3) is 3.64. The minimum Gasteiger partial charge on any atom is -0.292 e. The van der Waals surface area contributed by atoms with Gasteiger partial charge >= 0.3 is 0 Å². The first-order valence-electron chi connectivity index (χ1n) is 8.95. The van der Waals surface area contributed by atoms with E-state index >= 15 is 0 Å². The van der Waals surface area contributed by atoms with E-state index in [-0.39, 0.29) is 17.9 Å². The quantitative estimate of drug-likeness (QED) is 0.543. The number of carbonyl (C=O) groups is 1. The summed E-state index contributed by atoms with van der Waals surface area (Å²) in [5.74, 6) is -0.111. The predicted octanol–water partition coefficient (Wildman–Crippen LogP) is 3.97. The fourth-order valence-corrected chi connectivity index (χ4v) is 2.98. The number of nitrogens with one attached hydrogen (secondary N) is 1. The van der Waals surface area contributed by atoms with E-state index in [1.165, 1.54) is 4.68 Å². The Kier molecular flexibility index (Phi) is 4.89. The molecule has 0 unspecified atom stereocenters. The van der Waals surface area contributed by atoms with Crippen molar-refractivity contribution in [2.45, 2.75) is 6.54 Å². The molecule has 0 aliphatic rings. The minimum absolute atomic E-state index is 0.0370. The molecule has 1 aromatic heterocycles. The van der Waals surface area contributed by atoms with Crippen LogP contribution < -0.4 is 5.62 Å². The van der Waals surface area contributed by atoms with Crippen molar-refractivity contribution in [3.8, 4) is 22.5 Å². The number of benzene rings is 3. The molecule has 1 heterocycles. The van der Waals surface area contributed by atoms with Gasteiger partial charge in [-0.25, -0.2) is 9.67 Å². The van der Waals surface area contributed by atoms with Gasteiger partial charge in [0.1, 0.15) is 17.9 Å². The molecule has 28 heavy (non-hydrogen) atoms. The highest BCUT2D eigenvalue weighted by Gasteiger charge is 2.15. The molecule has 0 saturated heterocycles. The molecule has 136 valence electrons. The maximum absolute atomic E-state index is 12.6. The zero-order valence-corrected chi connectivity index (χ0v) is 15.1. The topological polar surface area (TPSA) is 71.6 Å². The first-order valence-corrected chi connectivity index (χ1v) is 8.95. The van der Waals surface area contributed by atoms with E-state index < -0.39 is 0 Å². The Morgan fingerprint density at radius 3 is 1.82 bits per heavy atom. The van der Waals surface area contributed by atoms with E-state index in [0.717, 1.165) is 11.1 Å². The van der Waals surface area contributed by atoms with E-state index in [4.69, 9.17) is 5.41 Å². The molecule has 0 bridgehead atoms. The van der Waals surface area contributed by atoms with Crippen LogP contribution in [0.15, 0.2) is 91.0 Å². The number of ketones is 1. The largest absolute Gasteiger partial charge is 0.292 e. The zero-order chi connectivity index (χ0) is 19.3. The second kappa shape index (κ2) is 7.80. The van der Waals surface area contributed by atoms with Crippen LogP contribution in [0.5, 0.6) is 0 Å². The molecule has 0 atom stereocenters. The molecule has 1 N–H and O–H groups in total. The molecule has 5 nitrogen and oxygen atoms in total. The van der Waals surface area contributed by atoms with Crippen molar-refractivity contribution in [2.24, 2.45) is 0 Å². The highest BCUT2D eigenvalue weighted by atomic mass is 16.1. The van der Waals surface area contributed by atoms with Crippen molar-refractivity contribution in [3.63, 3.8) is 0 Å². The number of rotatable bonds is 5. The van der Waals surface area contributed by atoms with Crippen LogP contribution in [0.2, 0.25) is 0 Å². The van der Waals surface area contributed by atoms with Crippen LogP contribution >= 0.6 is 0 Å². The van der Waals surface area contributed by atoms with E-state index in [2.05, 4.69) is 10.1 Å². The van der Waals surface area contributed by atoms with Gasteiger partial charge in [0.05, 0.1) is 0 Å². The van der Waals surface area contributed by atoms with E-state index in [1.54, 1.807) is 12.1 Å². The summed E-state index contributed by atoms with van der Waals surface area (Å²) in [7, 11) is 0. The summed E-state index contributed by atoms with van der Waals surface area (Å²) in [6, 6.07) is 28.4. The van der Waals surface area contributed by atoms with Gasteiger partial charge in [0.25, 0.3) is 0 Å². The molecule has 3 aromatic carbocycles. The van der Waals surface area contributed by atoms with Gasteiger partial charge in [0.2, 0.25) is 5.62 Å². The lowest BCUT2D eigenvalue weighted by Crippen LogP contribution is -2.30. The average Bonchev–Trinajstić information content (AvgIpc) is 2.76. The van der Waals surface area contributed by atoms with Crippen LogP contribution in [-0.2, 0) is 6.54 Å². The molecule has 0 amide bonds. The lowest BCUT2D eigenvalue weighted by molar-refractivity contribution is 0.0964. The van der Waals surface area contributed by atoms with Gasteiger partial charge < -0.3 is 0 Å². The molecule has 0 spiro atoms. The van der Waals surface area contributed by atoms with Crippen molar-refractivity contribution in [3.05, 3.63) is 102 Å². The first-order chi connectivity index (χ1) is 13.7. The van der Waals surface area contributed by atoms with Crippen molar-refractivity contribution >= 4 is 5.78 Å². The van der Waals surface area contributed by atoms with Gasteiger partial charge in [-0.15, -0.1) is 0 Å². The molecule has 5 heteroatoms. The Hall–Kier alpha value is -3.86. The fraction of sp³-hybridized carbons (Fsp3) is 0.0435. The summed E-state index contributed by atoms with van der Waals surface area (Å²) in [6.45, 7) is -0.0370. The SMILES string of the molecule is N=c1nc(-c2ccccc2)c(-c2ccccc2)nn1CC(=O)c1ccccc1.